The fraction of sp³-hybridized carbons (Fsp3) is 0.650. The van der Waals surface area contributed by atoms with Gasteiger partial charge in [0.2, 0.25) is 0 Å². The smallest absolute Gasteiger partial charge is 0.387 e. The largest absolute Gasteiger partial charge is 0.434 e. The summed E-state index contributed by atoms with van der Waals surface area (Å²) < 4.78 is 29.6. The van der Waals surface area contributed by atoms with E-state index in [9.17, 15) is 8.78 Å². The molecule has 0 amide bonds. The summed E-state index contributed by atoms with van der Waals surface area (Å²) in [7, 11) is 2.18. The van der Waals surface area contributed by atoms with Crippen LogP contribution in [0.2, 0.25) is 0 Å². The van der Waals surface area contributed by atoms with Crippen molar-refractivity contribution in [2.75, 3.05) is 52.9 Å². The van der Waals surface area contributed by atoms with Gasteiger partial charge in [-0.25, -0.2) is 4.99 Å². The van der Waals surface area contributed by atoms with Crippen LogP contribution in [-0.2, 0) is 6.54 Å². The second-order valence-corrected chi connectivity index (χ2v) is 6.96. The highest BCUT2D eigenvalue weighted by Crippen LogP contribution is 2.20. The molecular formula is C20H33F2N5O. The van der Waals surface area contributed by atoms with Crippen LogP contribution in [0.25, 0.3) is 0 Å². The third-order valence-electron chi connectivity index (χ3n) is 4.70. The fourth-order valence-corrected chi connectivity index (χ4v) is 3.18. The van der Waals surface area contributed by atoms with Crippen LogP contribution < -0.4 is 15.4 Å². The Hall–Kier alpha value is -1.93. The average molecular weight is 398 g/mol. The van der Waals surface area contributed by atoms with E-state index in [0.717, 1.165) is 45.7 Å². The molecule has 0 aliphatic carbocycles. The van der Waals surface area contributed by atoms with E-state index in [-0.39, 0.29) is 12.3 Å². The lowest BCUT2D eigenvalue weighted by Gasteiger charge is -2.20. The van der Waals surface area contributed by atoms with Gasteiger partial charge in [-0.2, -0.15) is 8.78 Å². The second-order valence-electron chi connectivity index (χ2n) is 6.96. The van der Waals surface area contributed by atoms with E-state index in [0.29, 0.717) is 11.5 Å². The van der Waals surface area contributed by atoms with Crippen molar-refractivity contribution < 1.29 is 13.5 Å². The van der Waals surface area contributed by atoms with E-state index in [1.54, 1.807) is 18.2 Å². The van der Waals surface area contributed by atoms with Gasteiger partial charge in [0.05, 0.1) is 6.54 Å². The highest BCUT2D eigenvalue weighted by atomic mass is 19.3. The number of rotatable bonds is 9. The first-order valence-corrected chi connectivity index (χ1v) is 10.0. The third kappa shape index (κ3) is 8.39. The van der Waals surface area contributed by atoms with Crippen LogP contribution in [-0.4, -0.2) is 75.2 Å². The van der Waals surface area contributed by atoms with Gasteiger partial charge in [-0.15, -0.1) is 0 Å². The lowest BCUT2D eigenvalue weighted by molar-refractivity contribution is -0.0504. The van der Waals surface area contributed by atoms with Crippen molar-refractivity contribution in [2.24, 2.45) is 4.99 Å². The first kappa shape index (κ1) is 22.4. The average Bonchev–Trinajstić information content (AvgIpc) is 2.88. The van der Waals surface area contributed by atoms with E-state index in [4.69, 9.17) is 0 Å². The molecule has 0 radical (unpaired) electrons. The summed E-state index contributed by atoms with van der Waals surface area (Å²) in [5, 5.41) is 6.52. The van der Waals surface area contributed by atoms with E-state index in [1.807, 2.05) is 6.92 Å². The molecule has 8 heteroatoms. The zero-order chi connectivity index (χ0) is 20.2. The van der Waals surface area contributed by atoms with Crippen molar-refractivity contribution in [1.82, 2.24) is 20.4 Å². The van der Waals surface area contributed by atoms with Gasteiger partial charge in [-0.05, 0) is 52.5 Å². The predicted octanol–water partition coefficient (Wildman–Crippen LogP) is 2.37. The quantitative estimate of drug-likeness (QED) is 0.381. The van der Waals surface area contributed by atoms with Crippen LogP contribution in [0.5, 0.6) is 5.75 Å². The minimum atomic E-state index is -2.84. The number of guanidine groups is 1. The topological polar surface area (TPSA) is 52.1 Å². The van der Waals surface area contributed by atoms with Gasteiger partial charge in [0.25, 0.3) is 0 Å². The summed E-state index contributed by atoms with van der Waals surface area (Å²) in [6.07, 6.45) is 2.24. The SMILES string of the molecule is CCNC(=NCc1ccccc1OC(F)F)NCCCN1CCCN(C)CC1. The molecule has 1 aliphatic rings. The zero-order valence-corrected chi connectivity index (χ0v) is 17.0. The standard InChI is InChI=1S/C20H33F2N5O/c1-3-23-20(24-10-6-12-27-13-7-11-26(2)14-15-27)25-16-17-8-4-5-9-18(17)28-19(21)22/h4-5,8-9,19H,3,6-7,10-16H2,1-2H3,(H2,23,24,25). The summed E-state index contributed by atoms with van der Waals surface area (Å²) in [5.41, 5.74) is 0.633. The molecule has 2 rings (SSSR count). The normalized spacial score (nSPS) is 16.8. The van der Waals surface area contributed by atoms with Crippen molar-refractivity contribution >= 4 is 5.96 Å². The first-order chi connectivity index (χ1) is 13.6. The lowest BCUT2D eigenvalue weighted by atomic mass is 10.2. The molecule has 1 heterocycles. The third-order valence-corrected chi connectivity index (χ3v) is 4.70. The Kier molecular flexibility index (Phi) is 9.99. The number of aliphatic imine (C=N–C) groups is 1. The highest BCUT2D eigenvalue weighted by Gasteiger charge is 2.11. The Bertz CT molecular complexity index is 600. The predicted molar refractivity (Wildman–Crippen MR) is 109 cm³/mol. The monoisotopic (exact) mass is 397 g/mol. The van der Waals surface area contributed by atoms with Crippen molar-refractivity contribution in [1.29, 1.82) is 0 Å². The Labute approximate surface area is 166 Å². The maximum Gasteiger partial charge on any atom is 0.387 e. The second kappa shape index (κ2) is 12.5. The van der Waals surface area contributed by atoms with Gasteiger partial charge in [-0.1, -0.05) is 18.2 Å². The molecule has 6 nitrogen and oxygen atoms in total. The highest BCUT2D eigenvalue weighted by molar-refractivity contribution is 5.79. The van der Waals surface area contributed by atoms with Crippen molar-refractivity contribution in [2.45, 2.75) is 32.9 Å². The Morgan fingerprint density at radius 1 is 1.18 bits per heavy atom. The fourth-order valence-electron chi connectivity index (χ4n) is 3.18. The summed E-state index contributed by atoms with van der Waals surface area (Å²) in [6.45, 7) is 6.61. The number of halogens is 2. The van der Waals surface area contributed by atoms with Crippen LogP contribution in [0.1, 0.15) is 25.3 Å². The van der Waals surface area contributed by atoms with Crippen molar-refractivity contribution in [3.05, 3.63) is 29.8 Å². The van der Waals surface area contributed by atoms with Crippen LogP contribution in [0.3, 0.4) is 0 Å². The molecule has 1 aromatic rings. The molecule has 1 saturated heterocycles. The maximum atomic E-state index is 12.5. The molecule has 158 valence electrons. The summed E-state index contributed by atoms with van der Waals surface area (Å²) in [4.78, 5) is 9.40. The van der Waals surface area contributed by atoms with E-state index < -0.39 is 6.61 Å². The molecule has 0 spiro atoms. The number of hydrogen-bond acceptors (Lipinski definition) is 4. The molecule has 0 unspecified atom stereocenters. The lowest BCUT2D eigenvalue weighted by Crippen LogP contribution is -2.39. The molecule has 2 N–H and O–H groups in total. The van der Waals surface area contributed by atoms with Crippen molar-refractivity contribution in [3.63, 3.8) is 0 Å². The number of alkyl halides is 2. The van der Waals surface area contributed by atoms with Gasteiger partial charge in [0.1, 0.15) is 5.75 Å². The summed E-state index contributed by atoms with van der Waals surface area (Å²) in [5.74, 6) is 0.855. The van der Waals surface area contributed by atoms with E-state index in [2.05, 4.69) is 37.2 Å². The van der Waals surface area contributed by atoms with Crippen molar-refractivity contribution in [3.8, 4) is 5.75 Å². The molecule has 0 aromatic heterocycles. The van der Waals surface area contributed by atoms with Gasteiger partial charge >= 0.3 is 6.61 Å². The Morgan fingerprint density at radius 2 is 2.00 bits per heavy atom. The van der Waals surface area contributed by atoms with E-state index >= 15 is 0 Å². The number of nitrogens with one attached hydrogen (secondary N) is 2. The Morgan fingerprint density at radius 3 is 2.79 bits per heavy atom. The van der Waals surface area contributed by atoms with E-state index in [1.165, 1.54) is 19.0 Å². The molecular weight excluding hydrogens is 364 g/mol. The maximum absolute atomic E-state index is 12.5. The molecule has 0 atom stereocenters. The van der Waals surface area contributed by atoms with Gasteiger partial charge in [0.15, 0.2) is 5.96 Å². The van der Waals surface area contributed by atoms with Gasteiger partial charge in [-0.3, -0.25) is 0 Å². The molecule has 0 saturated carbocycles. The molecule has 1 aromatic carbocycles. The molecule has 0 bridgehead atoms. The number of para-hydroxylation sites is 1. The summed E-state index contributed by atoms with van der Waals surface area (Å²) >= 11 is 0. The molecule has 28 heavy (non-hydrogen) atoms. The number of ether oxygens (including phenoxy) is 1. The molecule has 1 aliphatic heterocycles. The van der Waals surface area contributed by atoms with Crippen LogP contribution in [0, 0.1) is 0 Å². The summed E-state index contributed by atoms with van der Waals surface area (Å²) in [6, 6.07) is 6.76. The van der Waals surface area contributed by atoms with Crippen LogP contribution in [0.15, 0.2) is 29.3 Å². The Balaban J connectivity index is 1.80. The number of hydrogen-bond donors (Lipinski definition) is 2. The van der Waals surface area contributed by atoms with Crippen LogP contribution in [0.4, 0.5) is 8.78 Å². The number of likely N-dealkylation sites (N-methyl/N-ethyl adjacent to an activating group) is 1. The number of benzene rings is 1. The first-order valence-electron chi connectivity index (χ1n) is 10.0. The minimum Gasteiger partial charge on any atom is -0.434 e. The number of nitrogens with zero attached hydrogens (tertiary/aromatic N) is 3. The minimum absolute atomic E-state index is 0.170. The zero-order valence-electron chi connectivity index (χ0n) is 17.0. The van der Waals surface area contributed by atoms with Gasteiger partial charge < -0.3 is 25.2 Å². The van der Waals surface area contributed by atoms with Gasteiger partial charge in [0, 0.05) is 31.7 Å². The van der Waals surface area contributed by atoms with Crippen LogP contribution >= 0.6 is 0 Å². The molecule has 1 fully saturated rings.